The summed E-state index contributed by atoms with van der Waals surface area (Å²) in [6.45, 7) is 4.08. The summed E-state index contributed by atoms with van der Waals surface area (Å²) in [4.78, 5) is 37.4. The van der Waals surface area contributed by atoms with Gasteiger partial charge in [-0.2, -0.15) is 0 Å². The lowest BCUT2D eigenvalue weighted by Crippen LogP contribution is -2.63. The Bertz CT molecular complexity index is 892. The molecule has 9 atom stereocenters. The standard InChI is InChI=1S/C25H34O7/c1-13(27)20(22(30)31)17-10-16-15-8-7-14-6-4-5-9-23(14,2)21(15)18(28)11-24(16,3)25(17,32)19(29)12-26/h5-6,9,15-18,20-21,26,28,32H,4,7-8,10-12H2,1-3H3,(H,30,31)/t15-,16-,17+,18-,20?,21+,23-,24-,25+/m0/s1. The molecule has 7 nitrogen and oxygen atoms in total. The van der Waals surface area contributed by atoms with Crippen LogP contribution in [0.3, 0.4) is 0 Å². The molecule has 0 aliphatic heterocycles. The summed E-state index contributed by atoms with van der Waals surface area (Å²) in [5, 5.41) is 42.8. The van der Waals surface area contributed by atoms with Crippen molar-refractivity contribution in [1.29, 1.82) is 0 Å². The summed E-state index contributed by atoms with van der Waals surface area (Å²) in [7, 11) is 0. The third-order valence-electron chi connectivity index (χ3n) is 9.53. The van der Waals surface area contributed by atoms with Gasteiger partial charge in [0.15, 0.2) is 5.78 Å². The minimum atomic E-state index is -2.20. The van der Waals surface area contributed by atoms with Gasteiger partial charge >= 0.3 is 5.97 Å². The van der Waals surface area contributed by atoms with E-state index < -0.39 is 53.1 Å². The predicted molar refractivity (Wildman–Crippen MR) is 115 cm³/mol. The largest absolute Gasteiger partial charge is 0.481 e. The van der Waals surface area contributed by atoms with Crippen molar-refractivity contribution in [3.8, 4) is 0 Å². The van der Waals surface area contributed by atoms with Crippen LogP contribution in [0.25, 0.3) is 0 Å². The van der Waals surface area contributed by atoms with Crippen LogP contribution in [0.1, 0.15) is 52.9 Å². The molecule has 4 N–H and O–H groups in total. The summed E-state index contributed by atoms with van der Waals surface area (Å²) >= 11 is 0. The van der Waals surface area contributed by atoms with Crippen LogP contribution in [0.15, 0.2) is 23.8 Å². The number of fused-ring (bicyclic) bond motifs is 5. The molecule has 4 aliphatic rings. The van der Waals surface area contributed by atoms with Crippen LogP contribution in [0.4, 0.5) is 0 Å². The lowest BCUT2D eigenvalue weighted by atomic mass is 9.46. The Morgan fingerprint density at radius 1 is 1.25 bits per heavy atom. The van der Waals surface area contributed by atoms with Gasteiger partial charge in [0.25, 0.3) is 0 Å². The number of rotatable bonds is 5. The van der Waals surface area contributed by atoms with E-state index in [0.29, 0.717) is 0 Å². The first-order valence-corrected chi connectivity index (χ1v) is 11.6. The smallest absolute Gasteiger partial charge is 0.314 e. The van der Waals surface area contributed by atoms with Gasteiger partial charge in [-0.05, 0) is 50.9 Å². The maximum Gasteiger partial charge on any atom is 0.314 e. The van der Waals surface area contributed by atoms with Crippen molar-refractivity contribution in [1.82, 2.24) is 0 Å². The molecule has 3 saturated carbocycles. The molecule has 32 heavy (non-hydrogen) atoms. The minimum Gasteiger partial charge on any atom is -0.481 e. The fourth-order valence-corrected chi connectivity index (χ4v) is 8.21. The summed E-state index contributed by atoms with van der Waals surface area (Å²) in [5.41, 5.74) is -2.37. The lowest BCUT2D eigenvalue weighted by Gasteiger charge is -2.59. The molecule has 7 heteroatoms. The molecule has 0 aromatic rings. The monoisotopic (exact) mass is 446 g/mol. The van der Waals surface area contributed by atoms with E-state index in [1.165, 1.54) is 5.57 Å². The Morgan fingerprint density at radius 2 is 1.94 bits per heavy atom. The van der Waals surface area contributed by atoms with Gasteiger partial charge in [-0.25, -0.2) is 0 Å². The Morgan fingerprint density at radius 3 is 2.53 bits per heavy atom. The first-order chi connectivity index (χ1) is 14.9. The van der Waals surface area contributed by atoms with E-state index in [1.807, 2.05) is 0 Å². The third-order valence-corrected chi connectivity index (χ3v) is 9.53. The Kier molecular flexibility index (Phi) is 5.55. The molecular formula is C25H34O7. The van der Waals surface area contributed by atoms with E-state index in [9.17, 15) is 34.8 Å². The van der Waals surface area contributed by atoms with Crippen molar-refractivity contribution in [2.75, 3.05) is 6.61 Å². The Balaban J connectivity index is 1.84. The third kappa shape index (κ3) is 2.87. The number of allylic oxidation sites excluding steroid dienone is 4. The van der Waals surface area contributed by atoms with Crippen LogP contribution >= 0.6 is 0 Å². The average molecular weight is 447 g/mol. The molecule has 0 saturated heterocycles. The molecule has 1 unspecified atom stereocenters. The zero-order chi connectivity index (χ0) is 23.6. The second kappa shape index (κ2) is 7.61. The number of ketones is 2. The summed E-state index contributed by atoms with van der Waals surface area (Å²) in [6.07, 6.45) is 8.46. The number of hydrogen-bond donors (Lipinski definition) is 4. The van der Waals surface area contributed by atoms with E-state index in [4.69, 9.17) is 0 Å². The van der Waals surface area contributed by atoms with Crippen molar-refractivity contribution in [3.05, 3.63) is 23.8 Å². The maximum absolute atomic E-state index is 13.0. The molecule has 0 spiro atoms. The maximum atomic E-state index is 13.0. The fraction of sp³-hybridized carbons (Fsp3) is 0.720. The molecule has 3 fully saturated rings. The highest BCUT2D eigenvalue weighted by atomic mass is 16.4. The van der Waals surface area contributed by atoms with Crippen molar-refractivity contribution >= 4 is 17.5 Å². The number of hydrogen-bond acceptors (Lipinski definition) is 6. The number of carbonyl (C=O) groups is 3. The van der Waals surface area contributed by atoms with Gasteiger partial charge in [-0.3, -0.25) is 14.4 Å². The van der Waals surface area contributed by atoms with Crippen molar-refractivity contribution < 1.29 is 34.8 Å². The number of carbonyl (C=O) groups excluding carboxylic acids is 2. The highest BCUT2D eigenvalue weighted by Gasteiger charge is 2.73. The molecular weight excluding hydrogens is 412 g/mol. The van der Waals surface area contributed by atoms with Gasteiger partial charge in [0.05, 0.1) is 6.10 Å². The molecule has 0 bridgehead atoms. The lowest BCUT2D eigenvalue weighted by molar-refractivity contribution is -0.188. The van der Waals surface area contributed by atoms with Crippen LogP contribution < -0.4 is 0 Å². The van der Waals surface area contributed by atoms with Crippen molar-refractivity contribution in [2.45, 2.75) is 64.6 Å². The second-order valence-electron chi connectivity index (χ2n) is 10.8. The fourth-order valence-electron chi connectivity index (χ4n) is 8.21. The molecule has 176 valence electrons. The van der Waals surface area contributed by atoms with E-state index >= 15 is 0 Å². The SMILES string of the molecule is CC(=O)C(C(=O)O)[C@H]1C[C@H]2[C@@H]3CCC4=CCC=C[C@]4(C)[C@H]3[C@@H](O)C[C@]2(C)[C@]1(O)C(=O)CO. The topological polar surface area (TPSA) is 132 Å². The van der Waals surface area contributed by atoms with Gasteiger partial charge in [0.1, 0.15) is 23.9 Å². The molecule has 0 aromatic carbocycles. The van der Waals surface area contributed by atoms with Gasteiger partial charge in [-0.15, -0.1) is 0 Å². The van der Waals surface area contributed by atoms with Crippen molar-refractivity contribution in [3.63, 3.8) is 0 Å². The average Bonchev–Trinajstić information content (AvgIpc) is 2.94. The number of aliphatic carboxylic acids is 1. The van der Waals surface area contributed by atoms with Gasteiger partial charge in [-0.1, -0.05) is 37.6 Å². The predicted octanol–water partition coefficient (Wildman–Crippen LogP) is 1.89. The first kappa shape index (κ1) is 23.3. The van der Waals surface area contributed by atoms with Crippen molar-refractivity contribution in [2.24, 2.45) is 40.4 Å². The van der Waals surface area contributed by atoms with Crippen LogP contribution in [0.2, 0.25) is 0 Å². The van der Waals surface area contributed by atoms with Gasteiger partial charge in [0.2, 0.25) is 0 Å². The van der Waals surface area contributed by atoms with Crippen LogP contribution in [-0.4, -0.2) is 56.3 Å². The quantitative estimate of drug-likeness (QED) is 0.374. The zero-order valence-corrected chi connectivity index (χ0v) is 19.0. The van der Waals surface area contributed by atoms with Gasteiger partial charge in [0, 0.05) is 22.7 Å². The van der Waals surface area contributed by atoms with Crippen LogP contribution in [-0.2, 0) is 14.4 Å². The van der Waals surface area contributed by atoms with E-state index in [-0.39, 0.29) is 36.0 Å². The number of carboxylic acid groups (broad SMARTS) is 1. The number of Topliss-reactive ketones (excluding diaryl/α,β-unsaturated/α-hetero) is 2. The summed E-state index contributed by atoms with van der Waals surface area (Å²) in [6, 6.07) is 0. The Hall–Kier alpha value is -1.83. The highest BCUT2D eigenvalue weighted by molar-refractivity contribution is 5.99. The first-order valence-electron chi connectivity index (χ1n) is 11.6. The van der Waals surface area contributed by atoms with Gasteiger partial charge < -0.3 is 20.4 Å². The molecule has 0 heterocycles. The molecule has 0 radical (unpaired) electrons. The second-order valence-corrected chi connectivity index (χ2v) is 10.8. The molecule has 4 rings (SSSR count). The van der Waals surface area contributed by atoms with Crippen LogP contribution in [0.5, 0.6) is 0 Å². The number of aliphatic hydroxyl groups is 3. The van der Waals surface area contributed by atoms with E-state index in [1.54, 1.807) is 6.92 Å². The molecule has 0 aromatic heterocycles. The van der Waals surface area contributed by atoms with Crippen LogP contribution in [0, 0.1) is 40.4 Å². The molecule has 4 aliphatic carbocycles. The zero-order valence-electron chi connectivity index (χ0n) is 19.0. The number of aliphatic hydroxyl groups excluding tert-OH is 2. The normalized spacial score (nSPS) is 45.8. The highest BCUT2D eigenvalue weighted by Crippen LogP contribution is 2.69. The number of carboxylic acids is 1. The summed E-state index contributed by atoms with van der Waals surface area (Å²) < 4.78 is 0. The minimum absolute atomic E-state index is 0.0435. The van der Waals surface area contributed by atoms with E-state index in [0.717, 1.165) is 26.2 Å². The molecule has 0 amide bonds. The Labute approximate surface area is 188 Å². The summed E-state index contributed by atoms with van der Waals surface area (Å²) in [5.74, 6) is -5.98. The van der Waals surface area contributed by atoms with E-state index in [2.05, 4.69) is 25.2 Å².